The van der Waals surface area contributed by atoms with Crippen LogP contribution in [0.25, 0.3) is 16.7 Å². The number of amides is 2. The Hall–Kier alpha value is -4.48. The summed E-state index contributed by atoms with van der Waals surface area (Å²) >= 11 is 0. The van der Waals surface area contributed by atoms with Crippen LogP contribution in [-0.4, -0.2) is 37.7 Å². The van der Waals surface area contributed by atoms with Crippen LogP contribution in [-0.2, 0) is 22.3 Å². The van der Waals surface area contributed by atoms with E-state index in [4.69, 9.17) is 0 Å². The van der Waals surface area contributed by atoms with Gasteiger partial charge in [-0.2, -0.15) is 18.3 Å². The van der Waals surface area contributed by atoms with Gasteiger partial charge in [0, 0.05) is 0 Å². The van der Waals surface area contributed by atoms with Crippen LogP contribution in [0.15, 0.2) is 65.8 Å². The van der Waals surface area contributed by atoms with E-state index >= 15 is 0 Å². The van der Waals surface area contributed by atoms with Crippen LogP contribution in [0.3, 0.4) is 0 Å². The number of nitrogens with zero attached hydrogens (tertiary/aromatic N) is 5. The maximum Gasteiger partial charge on any atom is 0.416 e. The predicted molar refractivity (Wildman–Crippen MR) is 116 cm³/mol. The number of hydrogen-bond acceptors (Lipinski definition) is 5. The summed E-state index contributed by atoms with van der Waals surface area (Å²) in [5.41, 5.74) is -0.330. The molecule has 2 aromatic heterocycles. The number of hydrogen-bond donors (Lipinski definition) is 1. The van der Waals surface area contributed by atoms with Crippen molar-refractivity contribution in [1.82, 2.24) is 19.3 Å². The molecule has 4 aromatic rings. The highest BCUT2D eigenvalue weighted by molar-refractivity contribution is 6.09. The minimum absolute atomic E-state index is 0.0319. The standard InChI is InChI=1S/C22H15F3N6O3/c23-22(24,25)13-4-3-5-14(8-13)31-20-15(9-27-31)21(34)29(12-26-20)11-19(33)30-10-18(32)28-16-6-1-2-7-17(16)30/h1-9,12H,10-11H2,(H,28,32). The largest absolute Gasteiger partial charge is 0.416 e. The fourth-order valence-electron chi connectivity index (χ4n) is 3.75. The zero-order chi connectivity index (χ0) is 24.0. The lowest BCUT2D eigenvalue weighted by molar-refractivity contribution is -0.137. The molecule has 1 aliphatic heterocycles. The van der Waals surface area contributed by atoms with Crippen molar-refractivity contribution in [2.24, 2.45) is 0 Å². The number of benzene rings is 2. The zero-order valence-electron chi connectivity index (χ0n) is 17.3. The van der Waals surface area contributed by atoms with Crippen molar-refractivity contribution in [3.8, 4) is 5.69 Å². The number of carbonyl (C=O) groups excluding carboxylic acids is 2. The van der Waals surface area contributed by atoms with Crippen molar-refractivity contribution in [2.45, 2.75) is 12.7 Å². The molecule has 1 N–H and O–H groups in total. The second-order valence-corrected chi connectivity index (χ2v) is 7.56. The number of fused-ring (bicyclic) bond motifs is 2. The lowest BCUT2D eigenvalue weighted by Crippen LogP contribution is -2.44. The second-order valence-electron chi connectivity index (χ2n) is 7.56. The van der Waals surface area contributed by atoms with Gasteiger partial charge >= 0.3 is 6.18 Å². The van der Waals surface area contributed by atoms with Crippen LogP contribution in [0.5, 0.6) is 0 Å². The fraction of sp³-hybridized carbons (Fsp3) is 0.136. The van der Waals surface area contributed by atoms with Gasteiger partial charge in [0.1, 0.15) is 24.8 Å². The molecule has 0 unspecified atom stereocenters. The molecule has 172 valence electrons. The van der Waals surface area contributed by atoms with Gasteiger partial charge in [-0.25, -0.2) is 9.67 Å². The number of nitrogens with one attached hydrogen (secondary N) is 1. The molecule has 3 heterocycles. The molecule has 0 saturated heterocycles. The second kappa shape index (κ2) is 7.83. The van der Waals surface area contributed by atoms with Gasteiger partial charge < -0.3 is 5.32 Å². The monoisotopic (exact) mass is 468 g/mol. The van der Waals surface area contributed by atoms with Crippen molar-refractivity contribution in [2.75, 3.05) is 16.8 Å². The minimum Gasteiger partial charge on any atom is -0.323 e. The molecule has 0 spiro atoms. The van der Waals surface area contributed by atoms with E-state index in [0.717, 1.165) is 27.7 Å². The molecule has 0 bridgehead atoms. The van der Waals surface area contributed by atoms with E-state index in [9.17, 15) is 27.6 Å². The third-order valence-corrected chi connectivity index (χ3v) is 5.35. The van der Waals surface area contributed by atoms with Crippen LogP contribution in [0.1, 0.15) is 5.56 Å². The molecule has 0 saturated carbocycles. The third-order valence-electron chi connectivity index (χ3n) is 5.35. The molecule has 9 nitrogen and oxygen atoms in total. The molecular formula is C22H15F3N6O3. The third kappa shape index (κ3) is 3.68. The number of para-hydroxylation sites is 2. The first kappa shape index (κ1) is 21.4. The summed E-state index contributed by atoms with van der Waals surface area (Å²) in [6.07, 6.45) is -2.22. The maximum absolute atomic E-state index is 13.1. The quantitative estimate of drug-likeness (QED) is 0.498. The van der Waals surface area contributed by atoms with Gasteiger partial charge in [0.05, 0.1) is 28.8 Å². The van der Waals surface area contributed by atoms with E-state index in [-0.39, 0.29) is 29.2 Å². The maximum atomic E-state index is 13.1. The number of rotatable bonds is 3. The van der Waals surface area contributed by atoms with Gasteiger partial charge in [0.2, 0.25) is 11.8 Å². The van der Waals surface area contributed by atoms with Crippen molar-refractivity contribution < 1.29 is 22.8 Å². The Bertz CT molecular complexity index is 1510. The Balaban J connectivity index is 1.47. The van der Waals surface area contributed by atoms with E-state index < -0.39 is 29.8 Å². The van der Waals surface area contributed by atoms with Gasteiger partial charge in [-0.3, -0.25) is 23.9 Å². The number of halogens is 3. The van der Waals surface area contributed by atoms with Gasteiger partial charge in [-0.05, 0) is 30.3 Å². The van der Waals surface area contributed by atoms with E-state index in [1.165, 1.54) is 23.2 Å². The Morgan fingerprint density at radius 3 is 2.68 bits per heavy atom. The number of alkyl halides is 3. The summed E-state index contributed by atoms with van der Waals surface area (Å²) in [6, 6.07) is 11.3. The summed E-state index contributed by atoms with van der Waals surface area (Å²) in [6.45, 7) is -0.591. The first-order valence-corrected chi connectivity index (χ1v) is 10.0. The molecule has 0 atom stereocenters. The van der Waals surface area contributed by atoms with E-state index in [1.54, 1.807) is 24.3 Å². The van der Waals surface area contributed by atoms with E-state index in [2.05, 4.69) is 15.4 Å². The Kier molecular flexibility index (Phi) is 4.92. The van der Waals surface area contributed by atoms with Gasteiger partial charge in [0.25, 0.3) is 5.56 Å². The van der Waals surface area contributed by atoms with Crippen LogP contribution >= 0.6 is 0 Å². The molecule has 0 aliphatic carbocycles. The Morgan fingerprint density at radius 1 is 1.09 bits per heavy atom. The topological polar surface area (TPSA) is 102 Å². The highest BCUT2D eigenvalue weighted by Crippen LogP contribution is 2.31. The molecule has 2 amide bonds. The molecule has 2 aromatic carbocycles. The number of anilines is 2. The molecule has 5 rings (SSSR count). The van der Waals surface area contributed by atoms with Crippen LogP contribution in [0.2, 0.25) is 0 Å². The Labute approximate surface area is 189 Å². The van der Waals surface area contributed by atoms with Crippen molar-refractivity contribution in [1.29, 1.82) is 0 Å². The lowest BCUT2D eigenvalue weighted by Gasteiger charge is -2.29. The normalized spacial score (nSPS) is 13.6. The van der Waals surface area contributed by atoms with Gasteiger partial charge in [-0.1, -0.05) is 18.2 Å². The first-order chi connectivity index (χ1) is 16.2. The van der Waals surface area contributed by atoms with Crippen LogP contribution < -0.4 is 15.8 Å². The highest BCUT2D eigenvalue weighted by atomic mass is 19.4. The van der Waals surface area contributed by atoms with Gasteiger partial charge in [0.15, 0.2) is 5.65 Å². The highest BCUT2D eigenvalue weighted by Gasteiger charge is 2.31. The summed E-state index contributed by atoms with van der Waals surface area (Å²) in [7, 11) is 0. The van der Waals surface area contributed by atoms with Crippen molar-refractivity contribution in [3.63, 3.8) is 0 Å². The molecule has 34 heavy (non-hydrogen) atoms. The predicted octanol–water partition coefficient (Wildman–Crippen LogP) is 2.59. The summed E-state index contributed by atoms with van der Waals surface area (Å²) in [5, 5.41) is 6.74. The number of carbonyl (C=O) groups is 2. The first-order valence-electron chi connectivity index (χ1n) is 10.0. The summed E-state index contributed by atoms with van der Waals surface area (Å²) < 4.78 is 41.4. The smallest absolute Gasteiger partial charge is 0.323 e. The van der Waals surface area contributed by atoms with Crippen LogP contribution in [0, 0.1) is 0 Å². The minimum atomic E-state index is -4.54. The number of aromatic nitrogens is 4. The molecular weight excluding hydrogens is 453 g/mol. The molecule has 1 aliphatic rings. The zero-order valence-corrected chi connectivity index (χ0v) is 17.3. The van der Waals surface area contributed by atoms with Gasteiger partial charge in [-0.15, -0.1) is 0 Å². The fourth-order valence-corrected chi connectivity index (χ4v) is 3.75. The average molecular weight is 468 g/mol. The van der Waals surface area contributed by atoms with E-state index in [0.29, 0.717) is 11.4 Å². The molecule has 12 heteroatoms. The van der Waals surface area contributed by atoms with Crippen LogP contribution in [0.4, 0.5) is 24.5 Å². The SMILES string of the molecule is O=C1CN(C(=O)Cn2cnc3c(cnn3-c3cccc(C(F)(F)F)c3)c2=O)c2ccccc2N1. The van der Waals surface area contributed by atoms with Crippen molar-refractivity contribution in [3.05, 3.63) is 77.0 Å². The average Bonchev–Trinajstić information content (AvgIpc) is 3.25. The molecule has 0 radical (unpaired) electrons. The summed E-state index contributed by atoms with van der Waals surface area (Å²) in [5.74, 6) is -0.869. The Morgan fingerprint density at radius 2 is 1.88 bits per heavy atom. The molecule has 0 fully saturated rings. The summed E-state index contributed by atoms with van der Waals surface area (Å²) in [4.78, 5) is 43.3. The van der Waals surface area contributed by atoms with E-state index in [1.807, 2.05) is 0 Å². The van der Waals surface area contributed by atoms with Crippen molar-refractivity contribution >= 4 is 34.2 Å². The lowest BCUT2D eigenvalue weighted by atomic mass is 10.2.